The number of carbonyl (C=O) groups is 2. The lowest BCUT2D eigenvalue weighted by Crippen LogP contribution is -2.22. The third-order valence-electron chi connectivity index (χ3n) is 4.93. The van der Waals surface area contributed by atoms with Crippen LogP contribution in [0, 0.1) is 0 Å². The summed E-state index contributed by atoms with van der Waals surface area (Å²) in [5, 5.41) is 10.3. The molecule has 0 saturated carbocycles. The van der Waals surface area contributed by atoms with Crippen molar-refractivity contribution in [2.45, 2.75) is 19.9 Å². The Morgan fingerprint density at radius 3 is 2.59 bits per heavy atom. The summed E-state index contributed by atoms with van der Waals surface area (Å²) in [4.78, 5) is 32.9. The van der Waals surface area contributed by atoms with Crippen molar-refractivity contribution >= 4 is 51.5 Å². The van der Waals surface area contributed by atoms with Crippen molar-refractivity contribution in [1.82, 2.24) is 19.7 Å². The minimum absolute atomic E-state index is 0.0883. The Morgan fingerprint density at radius 2 is 1.94 bits per heavy atom. The van der Waals surface area contributed by atoms with Crippen LogP contribution in [-0.4, -0.2) is 45.6 Å². The van der Waals surface area contributed by atoms with Crippen LogP contribution >= 0.6 is 22.9 Å². The standard InChI is InChI=1S/C23H22ClN5O2S/c1-13(2)29-21-17(12-25-29)15(11-19(27-21)20-6-5-9-32-20)22(30)26-14-7-8-18(24)16(10-14)23(31)28(3)4/h5-13H,1-4H3,(H,26,30). The number of fused-ring (bicyclic) bond motifs is 1. The van der Waals surface area contributed by atoms with Crippen LogP contribution in [0.2, 0.25) is 5.02 Å². The van der Waals surface area contributed by atoms with Crippen molar-refractivity contribution in [2.24, 2.45) is 0 Å². The van der Waals surface area contributed by atoms with Gasteiger partial charge in [-0.15, -0.1) is 11.3 Å². The molecule has 7 nitrogen and oxygen atoms in total. The summed E-state index contributed by atoms with van der Waals surface area (Å²) >= 11 is 7.75. The van der Waals surface area contributed by atoms with E-state index in [-0.39, 0.29) is 17.9 Å². The minimum Gasteiger partial charge on any atom is -0.345 e. The number of aromatic nitrogens is 3. The van der Waals surface area contributed by atoms with E-state index in [1.54, 1.807) is 60.6 Å². The molecule has 0 aliphatic carbocycles. The molecule has 0 fully saturated rings. The predicted octanol–water partition coefficient (Wildman–Crippen LogP) is 5.35. The van der Waals surface area contributed by atoms with Gasteiger partial charge in [0.2, 0.25) is 0 Å². The predicted molar refractivity (Wildman–Crippen MR) is 129 cm³/mol. The molecule has 0 aliphatic rings. The van der Waals surface area contributed by atoms with Gasteiger partial charge in [0.15, 0.2) is 5.65 Å². The van der Waals surface area contributed by atoms with E-state index in [0.717, 1.165) is 4.88 Å². The van der Waals surface area contributed by atoms with Crippen molar-refractivity contribution in [3.05, 3.63) is 64.1 Å². The maximum atomic E-state index is 13.3. The Kier molecular flexibility index (Phi) is 5.99. The number of hydrogen-bond donors (Lipinski definition) is 1. The number of amides is 2. The molecular weight excluding hydrogens is 446 g/mol. The molecule has 3 heterocycles. The van der Waals surface area contributed by atoms with Crippen LogP contribution in [0.5, 0.6) is 0 Å². The maximum Gasteiger partial charge on any atom is 0.256 e. The molecule has 0 radical (unpaired) electrons. The zero-order chi connectivity index (χ0) is 23.0. The molecule has 0 atom stereocenters. The van der Waals surface area contributed by atoms with E-state index in [0.29, 0.717) is 38.6 Å². The molecule has 1 aromatic carbocycles. The van der Waals surface area contributed by atoms with Gasteiger partial charge < -0.3 is 10.2 Å². The molecule has 0 saturated heterocycles. The second-order valence-corrected chi connectivity index (χ2v) is 9.16. The van der Waals surface area contributed by atoms with Crippen LogP contribution in [0.15, 0.2) is 48.0 Å². The van der Waals surface area contributed by atoms with Crippen LogP contribution in [0.1, 0.15) is 40.6 Å². The smallest absolute Gasteiger partial charge is 0.256 e. The fraction of sp³-hybridized carbons (Fsp3) is 0.217. The number of carbonyl (C=O) groups excluding carboxylic acids is 2. The number of thiophene rings is 1. The molecule has 164 valence electrons. The van der Waals surface area contributed by atoms with Crippen LogP contribution in [0.3, 0.4) is 0 Å². The first-order valence-corrected chi connectivity index (χ1v) is 11.3. The molecule has 0 unspecified atom stereocenters. The Labute approximate surface area is 194 Å². The lowest BCUT2D eigenvalue weighted by molar-refractivity contribution is 0.0827. The number of anilines is 1. The highest BCUT2D eigenvalue weighted by atomic mass is 35.5. The summed E-state index contributed by atoms with van der Waals surface area (Å²) in [6, 6.07) is 10.6. The van der Waals surface area contributed by atoms with Crippen LogP contribution in [0.4, 0.5) is 5.69 Å². The van der Waals surface area contributed by atoms with Gasteiger partial charge in [0.25, 0.3) is 11.8 Å². The molecule has 4 aromatic rings. The third kappa shape index (κ3) is 4.11. The van der Waals surface area contributed by atoms with Gasteiger partial charge in [-0.1, -0.05) is 17.7 Å². The molecule has 0 aliphatic heterocycles. The largest absolute Gasteiger partial charge is 0.345 e. The molecule has 1 N–H and O–H groups in total. The van der Waals surface area contributed by atoms with Crippen molar-refractivity contribution < 1.29 is 9.59 Å². The summed E-state index contributed by atoms with van der Waals surface area (Å²) < 4.78 is 1.80. The van der Waals surface area contributed by atoms with E-state index in [2.05, 4.69) is 10.4 Å². The first-order chi connectivity index (χ1) is 15.3. The summed E-state index contributed by atoms with van der Waals surface area (Å²) in [5.74, 6) is -0.556. The van der Waals surface area contributed by atoms with E-state index in [4.69, 9.17) is 16.6 Å². The maximum absolute atomic E-state index is 13.3. The SMILES string of the molecule is CC(C)n1ncc2c(C(=O)Nc3ccc(Cl)c(C(=O)N(C)C)c3)cc(-c3cccs3)nc21. The number of benzene rings is 1. The van der Waals surface area contributed by atoms with Crippen LogP contribution < -0.4 is 5.32 Å². The summed E-state index contributed by atoms with van der Waals surface area (Å²) in [7, 11) is 3.30. The Hall–Kier alpha value is -3.23. The number of nitrogens with zero attached hydrogens (tertiary/aromatic N) is 4. The van der Waals surface area contributed by atoms with Gasteiger partial charge in [-0.05, 0) is 49.6 Å². The average Bonchev–Trinajstić information content (AvgIpc) is 3.43. The van der Waals surface area contributed by atoms with Gasteiger partial charge in [0.05, 0.1) is 38.3 Å². The lowest BCUT2D eigenvalue weighted by Gasteiger charge is -2.14. The normalized spacial score (nSPS) is 11.2. The van der Waals surface area contributed by atoms with Gasteiger partial charge in [-0.3, -0.25) is 9.59 Å². The van der Waals surface area contributed by atoms with E-state index in [1.807, 2.05) is 31.4 Å². The van der Waals surface area contributed by atoms with Gasteiger partial charge >= 0.3 is 0 Å². The first kappa shape index (κ1) is 22.0. The molecular formula is C23H22ClN5O2S. The fourth-order valence-corrected chi connectivity index (χ4v) is 4.23. The average molecular weight is 468 g/mol. The fourth-order valence-electron chi connectivity index (χ4n) is 3.34. The monoisotopic (exact) mass is 467 g/mol. The molecule has 9 heteroatoms. The highest BCUT2D eigenvalue weighted by molar-refractivity contribution is 7.13. The zero-order valence-corrected chi connectivity index (χ0v) is 19.7. The summed E-state index contributed by atoms with van der Waals surface area (Å²) in [6.45, 7) is 4.03. The Balaban J connectivity index is 1.77. The molecule has 0 bridgehead atoms. The van der Waals surface area contributed by atoms with Crippen molar-refractivity contribution in [2.75, 3.05) is 19.4 Å². The van der Waals surface area contributed by atoms with Crippen LogP contribution in [-0.2, 0) is 0 Å². The van der Waals surface area contributed by atoms with E-state index in [1.165, 1.54) is 4.90 Å². The second-order valence-electron chi connectivity index (χ2n) is 7.80. The van der Waals surface area contributed by atoms with Crippen molar-refractivity contribution in [3.63, 3.8) is 0 Å². The number of rotatable bonds is 5. The van der Waals surface area contributed by atoms with Crippen molar-refractivity contribution in [3.8, 4) is 10.6 Å². The first-order valence-electron chi connectivity index (χ1n) is 10.0. The van der Waals surface area contributed by atoms with Gasteiger partial charge in [0.1, 0.15) is 0 Å². The number of halogens is 1. The van der Waals surface area contributed by atoms with Gasteiger partial charge in [-0.25, -0.2) is 9.67 Å². The molecule has 32 heavy (non-hydrogen) atoms. The van der Waals surface area contributed by atoms with E-state index < -0.39 is 0 Å². The number of pyridine rings is 1. The number of hydrogen-bond acceptors (Lipinski definition) is 5. The number of nitrogens with one attached hydrogen (secondary N) is 1. The van der Waals surface area contributed by atoms with Crippen molar-refractivity contribution in [1.29, 1.82) is 0 Å². The lowest BCUT2D eigenvalue weighted by atomic mass is 10.1. The summed E-state index contributed by atoms with van der Waals surface area (Å²) in [6.07, 6.45) is 1.66. The summed E-state index contributed by atoms with van der Waals surface area (Å²) in [5.41, 5.74) is 2.61. The minimum atomic E-state index is -0.316. The zero-order valence-electron chi connectivity index (χ0n) is 18.1. The van der Waals surface area contributed by atoms with Gasteiger partial charge in [0, 0.05) is 25.8 Å². The van der Waals surface area contributed by atoms with Crippen LogP contribution in [0.25, 0.3) is 21.6 Å². The van der Waals surface area contributed by atoms with E-state index in [9.17, 15) is 9.59 Å². The quantitative estimate of drug-likeness (QED) is 0.429. The topological polar surface area (TPSA) is 80.1 Å². The third-order valence-corrected chi connectivity index (χ3v) is 6.16. The Morgan fingerprint density at radius 1 is 1.16 bits per heavy atom. The highest BCUT2D eigenvalue weighted by Crippen LogP contribution is 2.30. The molecule has 4 rings (SSSR count). The molecule has 3 aromatic heterocycles. The van der Waals surface area contributed by atoms with Gasteiger partial charge in [-0.2, -0.15) is 5.10 Å². The highest BCUT2D eigenvalue weighted by Gasteiger charge is 2.20. The Bertz CT molecular complexity index is 1310. The molecule has 2 amide bonds. The van der Waals surface area contributed by atoms with E-state index >= 15 is 0 Å². The second kappa shape index (κ2) is 8.72. The molecule has 0 spiro atoms.